The Morgan fingerprint density at radius 3 is 2.65 bits per heavy atom. The summed E-state index contributed by atoms with van der Waals surface area (Å²) < 4.78 is 0. The Hall–Kier alpha value is -0.900. The van der Waals surface area contributed by atoms with Crippen molar-refractivity contribution in [1.29, 1.82) is 0 Å². The highest BCUT2D eigenvalue weighted by molar-refractivity contribution is 5.31. The maximum atomic E-state index is 10.7. The largest absolute Gasteiger partial charge is 0.387 e. The normalized spacial score (nSPS) is 22.9. The van der Waals surface area contributed by atoms with Crippen molar-refractivity contribution < 1.29 is 5.11 Å². The fourth-order valence-corrected chi connectivity index (χ4v) is 3.18. The first-order valence-electron chi connectivity index (χ1n) is 7.70. The topological polar surface area (TPSA) is 26.7 Å². The fourth-order valence-electron chi connectivity index (χ4n) is 3.18. The number of fused-ring (bicyclic) bond motifs is 1. The van der Waals surface area contributed by atoms with Crippen LogP contribution < -0.4 is 0 Å². The van der Waals surface area contributed by atoms with Crippen LogP contribution in [0.25, 0.3) is 0 Å². The summed E-state index contributed by atoms with van der Waals surface area (Å²) in [6, 6.07) is 8.61. The number of rotatable bonds is 5. The molecule has 0 saturated heterocycles. The SMILES string of the molecule is CN(C)CCCN(C)C1CCCc2ccccc2C1O. The van der Waals surface area contributed by atoms with Crippen LogP contribution in [0.1, 0.15) is 36.5 Å². The Morgan fingerprint density at radius 2 is 1.90 bits per heavy atom. The molecule has 0 aliphatic heterocycles. The number of nitrogens with zero attached hydrogens (tertiary/aromatic N) is 2. The summed E-state index contributed by atoms with van der Waals surface area (Å²) in [4.78, 5) is 4.56. The van der Waals surface area contributed by atoms with Gasteiger partial charge in [0, 0.05) is 6.04 Å². The summed E-state index contributed by atoms with van der Waals surface area (Å²) in [5.74, 6) is 0. The Morgan fingerprint density at radius 1 is 1.15 bits per heavy atom. The van der Waals surface area contributed by atoms with Crippen molar-refractivity contribution in [2.24, 2.45) is 0 Å². The van der Waals surface area contributed by atoms with Gasteiger partial charge in [-0.1, -0.05) is 24.3 Å². The predicted molar refractivity (Wildman–Crippen MR) is 83.9 cm³/mol. The molecular weight excluding hydrogens is 248 g/mol. The van der Waals surface area contributed by atoms with Crippen LogP contribution in [0.5, 0.6) is 0 Å². The lowest BCUT2D eigenvalue weighted by Gasteiger charge is -2.31. The summed E-state index contributed by atoms with van der Waals surface area (Å²) in [6.07, 6.45) is 4.13. The number of hydrogen-bond donors (Lipinski definition) is 1. The van der Waals surface area contributed by atoms with E-state index in [1.165, 1.54) is 5.56 Å². The molecule has 0 aromatic heterocycles. The summed E-state index contributed by atoms with van der Waals surface area (Å²) in [5.41, 5.74) is 2.46. The molecule has 0 bridgehead atoms. The molecule has 1 aliphatic carbocycles. The van der Waals surface area contributed by atoms with E-state index < -0.39 is 0 Å². The first kappa shape index (κ1) is 15.5. The first-order chi connectivity index (χ1) is 9.59. The van der Waals surface area contributed by atoms with Gasteiger partial charge >= 0.3 is 0 Å². The van der Waals surface area contributed by atoms with Crippen molar-refractivity contribution in [3.8, 4) is 0 Å². The van der Waals surface area contributed by atoms with Crippen LogP contribution in [0.15, 0.2) is 24.3 Å². The van der Waals surface area contributed by atoms with E-state index in [0.717, 1.165) is 44.3 Å². The number of benzene rings is 1. The summed E-state index contributed by atoms with van der Waals surface area (Å²) >= 11 is 0. The van der Waals surface area contributed by atoms with Crippen LogP contribution in [0.2, 0.25) is 0 Å². The average Bonchev–Trinajstić information content (AvgIpc) is 2.58. The van der Waals surface area contributed by atoms with Gasteiger partial charge in [0.1, 0.15) is 0 Å². The molecule has 0 spiro atoms. The molecule has 0 fully saturated rings. The van der Waals surface area contributed by atoms with Crippen molar-refractivity contribution in [2.75, 3.05) is 34.2 Å². The second-order valence-corrected chi connectivity index (χ2v) is 6.24. The second-order valence-electron chi connectivity index (χ2n) is 6.24. The number of aryl methyl sites for hydroxylation is 1. The predicted octanol–water partition coefficient (Wildman–Crippen LogP) is 2.31. The minimum Gasteiger partial charge on any atom is -0.387 e. The van der Waals surface area contributed by atoms with Crippen LogP contribution in [0.3, 0.4) is 0 Å². The van der Waals surface area contributed by atoms with Crippen molar-refractivity contribution in [3.05, 3.63) is 35.4 Å². The van der Waals surface area contributed by atoms with Crippen LogP contribution in [0.4, 0.5) is 0 Å². The second kappa shape index (κ2) is 7.21. The maximum absolute atomic E-state index is 10.7. The van der Waals surface area contributed by atoms with Crippen LogP contribution >= 0.6 is 0 Å². The van der Waals surface area contributed by atoms with Gasteiger partial charge in [0.2, 0.25) is 0 Å². The van der Waals surface area contributed by atoms with E-state index in [1.54, 1.807) is 0 Å². The minimum atomic E-state index is -0.349. The zero-order chi connectivity index (χ0) is 14.5. The molecule has 0 heterocycles. The Kier molecular flexibility index (Phi) is 5.58. The third-order valence-electron chi connectivity index (χ3n) is 4.37. The third-order valence-corrected chi connectivity index (χ3v) is 4.37. The average molecular weight is 276 g/mol. The first-order valence-corrected chi connectivity index (χ1v) is 7.70. The lowest BCUT2D eigenvalue weighted by atomic mass is 9.98. The lowest BCUT2D eigenvalue weighted by molar-refractivity contribution is 0.0578. The van der Waals surface area contributed by atoms with Gasteiger partial charge in [-0.05, 0) is 71.0 Å². The molecule has 2 rings (SSSR count). The number of aliphatic hydroxyl groups is 1. The van der Waals surface area contributed by atoms with Crippen LogP contribution in [-0.2, 0) is 6.42 Å². The van der Waals surface area contributed by atoms with Gasteiger partial charge in [-0.15, -0.1) is 0 Å². The Balaban J connectivity index is 2.01. The van der Waals surface area contributed by atoms with Gasteiger partial charge < -0.3 is 14.9 Å². The van der Waals surface area contributed by atoms with Crippen molar-refractivity contribution in [1.82, 2.24) is 9.80 Å². The summed E-state index contributed by atoms with van der Waals surface area (Å²) in [6.45, 7) is 2.14. The number of likely N-dealkylation sites (N-methyl/N-ethyl adjacent to an activating group) is 1. The van der Waals surface area contributed by atoms with Crippen molar-refractivity contribution in [3.63, 3.8) is 0 Å². The molecule has 0 amide bonds. The quantitative estimate of drug-likeness (QED) is 0.836. The molecule has 1 aromatic rings. The van der Waals surface area contributed by atoms with E-state index in [-0.39, 0.29) is 12.1 Å². The highest BCUT2D eigenvalue weighted by Crippen LogP contribution is 2.31. The van der Waals surface area contributed by atoms with Gasteiger partial charge in [-0.3, -0.25) is 0 Å². The van der Waals surface area contributed by atoms with Crippen molar-refractivity contribution in [2.45, 2.75) is 37.8 Å². The minimum absolute atomic E-state index is 0.251. The van der Waals surface area contributed by atoms with E-state index >= 15 is 0 Å². The fraction of sp³-hybridized carbons (Fsp3) is 0.647. The Labute approximate surface area is 123 Å². The van der Waals surface area contributed by atoms with E-state index in [1.807, 2.05) is 6.07 Å². The molecular formula is C17H28N2O. The van der Waals surface area contributed by atoms with E-state index in [2.05, 4.69) is 49.1 Å². The highest BCUT2D eigenvalue weighted by atomic mass is 16.3. The highest BCUT2D eigenvalue weighted by Gasteiger charge is 2.28. The summed E-state index contributed by atoms with van der Waals surface area (Å²) in [5, 5.41) is 10.7. The van der Waals surface area contributed by atoms with E-state index in [4.69, 9.17) is 0 Å². The van der Waals surface area contributed by atoms with Crippen LogP contribution in [0, 0.1) is 0 Å². The molecule has 112 valence electrons. The maximum Gasteiger partial charge on any atom is 0.0947 e. The molecule has 3 heteroatoms. The van der Waals surface area contributed by atoms with Gasteiger partial charge in [-0.25, -0.2) is 0 Å². The molecule has 2 atom stereocenters. The molecule has 1 aromatic carbocycles. The smallest absolute Gasteiger partial charge is 0.0947 e. The van der Waals surface area contributed by atoms with E-state index in [0.29, 0.717) is 0 Å². The van der Waals surface area contributed by atoms with Crippen LogP contribution in [-0.4, -0.2) is 55.2 Å². The van der Waals surface area contributed by atoms with Gasteiger partial charge in [-0.2, -0.15) is 0 Å². The van der Waals surface area contributed by atoms with Crippen molar-refractivity contribution >= 4 is 0 Å². The lowest BCUT2D eigenvalue weighted by Crippen LogP contribution is -2.38. The molecule has 1 N–H and O–H groups in total. The van der Waals surface area contributed by atoms with Gasteiger partial charge in [0.25, 0.3) is 0 Å². The standard InChI is InChI=1S/C17H28N2O/c1-18(2)12-7-13-19(3)16-11-6-9-14-8-4-5-10-15(14)17(16)20/h4-5,8,10,16-17,20H,6-7,9,11-13H2,1-3H3. The monoisotopic (exact) mass is 276 g/mol. The molecule has 1 aliphatic rings. The zero-order valence-electron chi connectivity index (χ0n) is 13.0. The van der Waals surface area contributed by atoms with E-state index in [9.17, 15) is 5.11 Å². The molecule has 2 unspecified atom stereocenters. The Bertz CT molecular complexity index is 419. The zero-order valence-corrected chi connectivity index (χ0v) is 13.0. The van der Waals surface area contributed by atoms with Gasteiger partial charge in [0.05, 0.1) is 6.10 Å². The number of hydrogen-bond acceptors (Lipinski definition) is 3. The third kappa shape index (κ3) is 3.81. The summed E-state index contributed by atoms with van der Waals surface area (Å²) in [7, 11) is 6.37. The molecule has 0 radical (unpaired) electrons. The molecule has 20 heavy (non-hydrogen) atoms. The number of aliphatic hydroxyl groups excluding tert-OH is 1. The molecule has 3 nitrogen and oxygen atoms in total. The van der Waals surface area contributed by atoms with Gasteiger partial charge in [0.15, 0.2) is 0 Å². The molecule has 0 saturated carbocycles.